The molecular weight excluding hydrogens is 387 g/mol. The molecule has 7 nitrogen and oxygen atoms in total. The molecule has 0 atom stereocenters. The normalized spacial score (nSPS) is 11.6. The van der Waals surface area contributed by atoms with E-state index in [1.165, 1.54) is 11.0 Å². The van der Waals surface area contributed by atoms with E-state index in [1.54, 1.807) is 37.8 Å². The Balaban J connectivity index is 0.000000308. The summed E-state index contributed by atoms with van der Waals surface area (Å²) in [5, 5.41) is 18.3. The fourth-order valence-corrected chi connectivity index (χ4v) is 2.49. The lowest BCUT2D eigenvalue weighted by atomic mass is 10.0. The number of nitrogens with zero attached hydrogens (tertiary/aromatic N) is 5. The highest BCUT2D eigenvalue weighted by atomic mass is 19.4. The van der Waals surface area contributed by atoms with E-state index in [1.807, 2.05) is 13.8 Å². The third kappa shape index (κ3) is 8.59. The van der Waals surface area contributed by atoms with Gasteiger partial charge in [0, 0.05) is 19.3 Å². The number of carbonyl (C=O) groups is 1. The van der Waals surface area contributed by atoms with Crippen molar-refractivity contribution in [2.24, 2.45) is 0 Å². The van der Waals surface area contributed by atoms with E-state index in [2.05, 4.69) is 15.2 Å². The summed E-state index contributed by atoms with van der Waals surface area (Å²) in [6.45, 7) is 10.5. The number of aliphatic hydroxyl groups is 1. The van der Waals surface area contributed by atoms with Crippen LogP contribution in [0.5, 0.6) is 0 Å². The summed E-state index contributed by atoms with van der Waals surface area (Å²) >= 11 is 0. The van der Waals surface area contributed by atoms with Gasteiger partial charge in [0.15, 0.2) is 0 Å². The highest BCUT2D eigenvalue weighted by Crippen LogP contribution is 2.21. The quantitative estimate of drug-likeness (QED) is 0.703. The predicted octanol–water partition coefficient (Wildman–Crippen LogP) is 2.79. The maximum Gasteiger partial charge on any atom is 0.394 e. The molecule has 0 radical (unpaired) electrons. The van der Waals surface area contributed by atoms with Gasteiger partial charge in [-0.15, -0.1) is 0 Å². The first-order chi connectivity index (χ1) is 13.4. The lowest BCUT2D eigenvalue weighted by molar-refractivity contribution is -0.128. The van der Waals surface area contributed by atoms with E-state index in [4.69, 9.17) is 0 Å². The molecule has 29 heavy (non-hydrogen) atoms. The zero-order valence-corrected chi connectivity index (χ0v) is 17.4. The van der Waals surface area contributed by atoms with E-state index in [9.17, 15) is 23.1 Å². The van der Waals surface area contributed by atoms with Crippen molar-refractivity contribution >= 4 is 6.41 Å². The van der Waals surface area contributed by atoms with Gasteiger partial charge in [-0.05, 0) is 46.2 Å². The van der Waals surface area contributed by atoms with Crippen LogP contribution >= 0.6 is 0 Å². The van der Waals surface area contributed by atoms with Crippen LogP contribution in [0.4, 0.5) is 13.2 Å². The number of pyridine rings is 1. The highest BCUT2D eigenvalue weighted by Gasteiger charge is 2.29. The molecule has 0 bridgehead atoms. The number of amides is 1. The lowest BCUT2D eigenvalue weighted by Gasteiger charge is -2.14. The number of likely N-dealkylation sites (N-methyl/N-ethyl adjacent to an activating group) is 1. The zero-order valence-electron chi connectivity index (χ0n) is 17.4. The fraction of sp³-hybridized carbons (Fsp3) is 0.579. The summed E-state index contributed by atoms with van der Waals surface area (Å²) in [4.78, 5) is 17.4. The second-order valence-electron chi connectivity index (χ2n) is 7.08. The van der Waals surface area contributed by atoms with Gasteiger partial charge in [0.2, 0.25) is 6.41 Å². The van der Waals surface area contributed by atoms with Crippen molar-refractivity contribution in [3.63, 3.8) is 0 Å². The zero-order chi connectivity index (χ0) is 22.2. The maximum atomic E-state index is 11.9. The lowest BCUT2D eigenvalue weighted by Crippen LogP contribution is -2.26. The molecule has 0 spiro atoms. The van der Waals surface area contributed by atoms with Crippen LogP contribution < -0.4 is 0 Å². The molecule has 0 fully saturated rings. The van der Waals surface area contributed by atoms with Gasteiger partial charge in [0.05, 0.1) is 24.4 Å². The first-order valence-electron chi connectivity index (χ1n) is 9.18. The number of carbonyl (C=O) groups excluding carboxylic acids is 1. The molecule has 162 valence electrons. The Morgan fingerprint density at radius 3 is 2.34 bits per heavy atom. The molecule has 10 heteroatoms. The van der Waals surface area contributed by atoms with Crippen molar-refractivity contribution in [1.29, 1.82) is 0 Å². The van der Waals surface area contributed by atoms with Gasteiger partial charge in [-0.1, -0.05) is 6.07 Å². The summed E-state index contributed by atoms with van der Waals surface area (Å²) in [6.07, 6.45) is -2.93. The molecule has 0 aliphatic rings. The SMILES string of the molecule is CCN(C=O)CCn1nc(C)c(C(C)(C)O)n1.Cc1cccnc1CC(F)(F)F. The number of hydrogen-bond acceptors (Lipinski definition) is 5. The number of alkyl halides is 3. The summed E-state index contributed by atoms with van der Waals surface area (Å²) in [5.41, 5.74) is 0.982. The average Bonchev–Trinajstić information content (AvgIpc) is 2.98. The van der Waals surface area contributed by atoms with Crippen LogP contribution in [0.3, 0.4) is 0 Å². The van der Waals surface area contributed by atoms with Crippen molar-refractivity contribution in [2.45, 2.75) is 59.4 Å². The second-order valence-corrected chi connectivity index (χ2v) is 7.08. The molecule has 0 aliphatic heterocycles. The van der Waals surface area contributed by atoms with Crippen molar-refractivity contribution in [3.05, 3.63) is 41.0 Å². The Morgan fingerprint density at radius 2 is 1.90 bits per heavy atom. The topological polar surface area (TPSA) is 84.1 Å². The van der Waals surface area contributed by atoms with Crippen LogP contribution in [0.1, 0.15) is 43.4 Å². The largest absolute Gasteiger partial charge is 0.394 e. The van der Waals surface area contributed by atoms with Gasteiger partial charge in [0.25, 0.3) is 0 Å². The molecule has 0 saturated heterocycles. The summed E-state index contributed by atoms with van der Waals surface area (Å²) in [5.74, 6) is 0. The first-order valence-corrected chi connectivity index (χ1v) is 9.18. The van der Waals surface area contributed by atoms with Crippen molar-refractivity contribution in [1.82, 2.24) is 24.9 Å². The molecule has 0 aromatic carbocycles. The van der Waals surface area contributed by atoms with E-state index >= 15 is 0 Å². The third-order valence-electron chi connectivity index (χ3n) is 4.03. The average molecular weight is 415 g/mol. The number of rotatable bonds is 7. The standard InChI is InChI=1S/C11H20N4O2.C8H8F3N/c1-5-14(8-16)6-7-15-12-9(2)10(13-15)11(3,4)17;1-6-3-2-4-12-7(6)5-8(9,10)11/h8,17H,5-7H2,1-4H3;2-4H,5H2,1H3. The van der Waals surface area contributed by atoms with Crippen molar-refractivity contribution < 1.29 is 23.1 Å². The number of hydrogen-bond donors (Lipinski definition) is 1. The van der Waals surface area contributed by atoms with Gasteiger partial charge >= 0.3 is 6.18 Å². The number of aryl methyl sites for hydroxylation is 2. The number of aromatic nitrogens is 4. The minimum Gasteiger partial charge on any atom is -0.384 e. The second kappa shape index (κ2) is 10.3. The molecule has 0 saturated carbocycles. The molecule has 1 amide bonds. The van der Waals surface area contributed by atoms with Crippen LogP contribution in [0.25, 0.3) is 0 Å². The Bertz CT molecular complexity index is 785. The maximum absolute atomic E-state index is 11.9. The Hall–Kier alpha value is -2.49. The van der Waals surface area contributed by atoms with Gasteiger partial charge in [-0.3, -0.25) is 9.78 Å². The van der Waals surface area contributed by atoms with Crippen LogP contribution in [0, 0.1) is 13.8 Å². The molecular formula is C19H28F3N5O2. The first kappa shape index (κ1) is 24.5. The number of halogens is 3. The van der Waals surface area contributed by atoms with Crippen molar-refractivity contribution in [3.8, 4) is 0 Å². The van der Waals surface area contributed by atoms with Crippen molar-refractivity contribution in [2.75, 3.05) is 13.1 Å². The van der Waals surface area contributed by atoms with E-state index < -0.39 is 18.2 Å². The van der Waals surface area contributed by atoms with Gasteiger partial charge < -0.3 is 10.0 Å². The van der Waals surface area contributed by atoms with E-state index in [0.717, 1.165) is 6.41 Å². The smallest absolute Gasteiger partial charge is 0.384 e. The van der Waals surface area contributed by atoms with Crippen LogP contribution in [0.2, 0.25) is 0 Å². The Morgan fingerprint density at radius 1 is 1.24 bits per heavy atom. The van der Waals surface area contributed by atoms with Crippen LogP contribution in [-0.4, -0.2) is 55.7 Å². The minimum atomic E-state index is -4.17. The molecule has 2 rings (SSSR count). The molecule has 1 N–H and O–H groups in total. The van der Waals surface area contributed by atoms with E-state index in [-0.39, 0.29) is 5.69 Å². The van der Waals surface area contributed by atoms with Crippen LogP contribution in [-0.2, 0) is 23.4 Å². The van der Waals surface area contributed by atoms with Gasteiger partial charge in [-0.25, -0.2) is 0 Å². The molecule has 0 aliphatic carbocycles. The summed E-state index contributed by atoms with van der Waals surface area (Å²) < 4.78 is 35.6. The fourth-order valence-electron chi connectivity index (χ4n) is 2.49. The molecule has 2 aromatic heterocycles. The monoisotopic (exact) mass is 415 g/mol. The molecule has 0 unspecified atom stereocenters. The van der Waals surface area contributed by atoms with Gasteiger partial charge in [-0.2, -0.15) is 28.2 Å². The minimum absolute atomic E-state index is 0.102. The third-order valence-corrected chi connectivity index (χ3v) is 4.03. The Labute approximate surface area is 168 Å². The van der Waals surface area contributed by atoms with E-state index in [0.29, 0.717) is 36.6 Å². The summed E-state index contributed by atoms with van der Waals surface area (Å²) in [6, 6.07) is 3.24. The Kier molecular flexibility index (Phi) is 8.75. The molecule has 2 heterocycles. The summed E-state index contributed by atoms with van der Waals surface area (Å²) in [7, 11) is 0. The van der Waals surface area contributed by atoms with Gasteiger partial charge in [0.1, 0.15) is 11.3 Å². The molecule has 2 aromatic rings. The predicted molar refractivity (Wildman–Crippen MR) is 102 cm³/mol. The van der Waals surface area contributed by atoms with Crippen LogP contribution in [0.15, 0.2) is 18.3 Å². The highest BCUT2D eigenvalue weighted by molar-refractivity contribution is 5.46.